The van der Waals surface area contributed by atoms with Crippen LogP contribution in [0.15, 0.2) is 0 Å². The second kappa shape index (κ2) is 4.75. The van der Waals surface area contributed by atoms with E-state index in [1.54, 1.807) is 0 Å². The van der Waals surface area contributed by atoms with Gasteiger partial charge in [-0.2, -0.15) is 0 Å². The van der Waals surface area contributed by atoms with Crippen LogP contribution in [0.25, 0.3) is 0 Å². The first-order valence-corrected chi connectivity index (χ1v) is 5.34. The monoisotopic (exact) mass is 184 g/mol. The Morgan fingerprint density at radius 2 is 1.77 bits per heavy atom. The summed E-state index contributed by atoms with van der Waals surface area (Å²) in [7, 11) is 0. The minimum atomic E-state index is -0.694. The van der Waals surface area contributed by atoms with Crippen LogP contribution in [0.3, 0.4) is 0 Å². The summed E-state index contributed by atoms with van der Waals surface area (Å²) in [6.07, 6.45) is 4.97. The topological polar surface area (TPSA) is 37.3 Å². The standard InChI is InChI=1S/C11H20O2/c1-8(2)10(12)11(13)9-6-4-3-5-7-9/h8-9,11,13H,3-7H2,1-2H3/t11-/m0/s1. The molecule has 0 aromatic heterocycles. The number of ketones is 1. The molecule has 1 rings (SSSR count). The Morgan fingerprint density at radius 1 is 1.23 bits per heavy atom. The van der Waals surface area contributed by atoms with E-state index in [1.807, 2.05) is 13.8 Å². The molecule has 2 nitrogen and oxygen atoms in total. The van der Waals surface area contributed by atoms with Crippen LogP contribution in [0.1, 0.15) is 46.0 Å². The fourth-order valence-electron chi connectivity index (χ4n) is 2.02. The van der Waals surface area contributed by atoms with Crippen molar-refractivity contribution in [2.75, 3.05) is 0 Å². The highest BCUT2D eigenvalue weighted by molar-refractivity contribution is 5.84. The van der Waals surface area contributed by atoms with Gasteiger partial charge in [-0.15, -0.1) is 0 Å². The third-order valence-corrected chi connectivity index (χ3v) is 2.96. The molecule has 76 valence electrons. The molecule has 1 saturated carbocycles. The van der Waals surface area contributed by atoms with E-state index in [1.165, 1.54) is 19.3 Å². The molecule has 1 aliphatic rings. The zero-order valence-corrected chi connectivity index (χ0v) is 8.62. The summed E-state index contributed by atoms with van der Waals surface area (Å²) < 4.78 is 0. The summed E-state index contributed by atoms with van der Waals surface area (Å²) in [4.78, 5) is 11.5. The summed E-state index contributed by atoms with van der Waals surface area (Å²) in [6, 6.07) is 0. The molecule has 2 heteroatoms. The lowest BCUT2D eigenvalue weighted by atomic mass is 9.82. The fourth-order valence-corrected chi connectivity index (χ4v) is 2.02. The molecule has 13 heavy (non-hydrogen) atoms. The molecule has 0 heterocycles. The van der Waals surface area contributed by atoms with Gasteiger partial charge in [-0.1, -0.05) is 33.1 Å². The van der Waals surface area contributed by atoms with Crippen LogP contribution in [-0.2, 0) is 4.79 Å². The van der Waals surface area contributed by atoms with E-state index in [0.717, 1.165) is 12.8 Å². The summed E-state index contributed by atoms with van der Waals surface area (Å²) in [5, 5.41) is 9.76. The minimum absolute atomic E-state index is 0.0203. The molecular weight excluding hydrogens is 164 g/mol. The molecule has 1 atom stereocenters. The average molecular weight is 184 g/mol. The first-order chi connectivity index (χ1) is 6.13. The Bertz CT molecular complexity index is 169. The van der Waals surface area contributed by atoms with Crippen LogP contribution in [0.2, 0.25) is 0 Å². The maximum atomic E-state index is 11.5. The average Bonchev–Trinajstić information content (AvgIpc) is 2.17. The van der Waals surface area contributed by atoms with Crippen molar-refractivity contribution in [3.63, 3.8) is 0 Å². The summed E-state index contributed by atoms with van der Waals surface area (Å²) >= 11 is 0. The lowest BCUT2D eigenvalue weighted by molar-refractivity contribution is -0.133. The summed E-state index contributed by atoms with van der Waals surface area (Å²) in [5.41, 5.74) is 0. The Hall–Kier alpha value is -0.370. The predicted octanol–water partition coefficient (Wildman–Crippen LogP) is 2.15. The number of carbonyl (C=O) groups is 1. The maximum Gasteiger partial charge on any atom is 0.164 e. The smallest absolute Gasteiger partial charge is 0.164 e. The van der Waals surface area contributed by atoms with Crippen molar-refractivity contribution in [1.82, 2.24) is 0 Å². The number of hydrogen-bond acceptors (Lipinski definition) is 2. The molecule has 1 fully saturated rings. The van der Waals surface area contributed by atoms with Gasteiger partial charge in [0.1, 0.15) is 6.10 Å². The van der Waals surface area contributed by atoms with Gasteiger partial charge in [-0.3, -0.25) is 4.79 Å². The van der Waals surface area contributed by atoms with Crippen molar-refractivity contribution < 1.29 is 9.90 Å². The van der Waals surface area contributed by atoms with Gasteiger partial charge in [0, 0.05) is 5.92 Å². The third-order valence-electron chi connectivity index (χ3n) is 2.96. The molecule has 0 spiro atoms. The van der Waals surface area contributed by atoms with Crippen LogP contribution in [0, 0.1) is 11.8 Å². The Balaban J connectivity index is 2.45. The summed E-state index contributed by atoms with van der Waals surface area (Å²) in [5.74, 6) is 0.229. The van der Waals surface area contributed by atoms with Crippen LogP contribution in [-0.4, -0.2) is 17.0 Å². The van der Waals surface area contributed by atoms with Gasteiger partial charge in [-0.25, -0.2) is 0 Å². The van der Waals surface area contributed by atoms with Crippen LogP contribution < -0.4 is 0 Å². The van der Waals surface area contributed by atoms with Crippen molar-refractivity contribution in [1.29, 1.82) is 0 Å². The first kappa shape index (κ1) is 10.7. The number of hydrogen-bond donors (Lipinski definition) is 1. The Morgan fingerprint density at radius 3 is 2.23 bits per heavy atom. The van der Waals surface area contributed by atoms with Gasteiger partial charge in [0.2, 0.25) is 0 Å². The number of Topliss-reactive ketones (excluding diaryl/α,β-unsaturated/α-hetero) is 1. The number of carbonyl (C=O) groups excluding carboxylic acids is 1. The molecule has 0 radical (unpaired) electrons. The van der Waals surface area contributed by atoms with Crippen molar-refractivity contribution in [2.24, 2.45) is 11.8 Å². The van der Waals surface area contributed by atoms with Gasteiger partial charge >= 0.3 is 0 Å². The quantitative estimate of drug-likeness (QED) is 0.729. The van der Waals surface area contributed by atoms with E-state index < -0.39 is 6.10 Å². The second-order valence-corrected chi connectivity index (χ2v) is 4.40. The highest BCUT2D eigenvalue weighted by atomic mass is 16.3. The minimum Gasteiger partial charge on any atom is -0.385 e. The van der Waals surface area contributed by atoms with Crippen molar-refractivity contribution >= 4 is 5.78 Å². The number of aliphatic hydroxyl groups is 1. The first-order valence-electron chi connectivity index (χ1n) is 5.34. The fraction of sp³-hybridized carbons (Fsp3) is 0.909. The highest BCUT2D eigenvalue weighted by Gasteiger charge is 2.28. The molecule has 1 aliphatic carbocycles. The zero-order valence-electron chi connectivity index (χ0n) is 8.62. The van der Waals surface area contributed by atoms with E-state index in [0.29, 0.717) is 0 Å². The molecule has 0 amide bonds. The van der Waals surface area contributed by atoms with Crippen molar-refractivity contribution in [3.05, 3.63) is 0 Å². The van der Waals surface area contributed by atoms with Crippen molar-refractivity contribution in [2.45, 2.75) is 52.1 Å². The van der Waals surface area contributed by atoms with Crippen LogP contribution in [0.5, 0.6) is 0 Å². The van der Waals surface area contributed by atoms with Gasteiger partial charge in [0.15, 0.2) is 5.78 Å². The second-order valence-electron chi connectivity index (χ2n) is 4.40. The van der Waals surface area contributed by atoms with Gasteiger partial charge < -0.3 is 5.11 Å². The van der Waals surface area contributed by atoms with Crippen molar-refractivity contribution in [3.8, 4) is 0 Å². The molecule has 0 aromatic rings. The molecule has 1 N–H and O–H groups in total. The van der Waals surface area contributed by atoms with E-state index in [9.17, 15) is 9.90 Å². The normalized spacial score (nSPS) is 21.8. The van der Waals surface area contributed by atoms with Crippen LogP contribution in [0.4, 0.5) is 0 Å². The lowest BCUT2D eigenvalue weighted by Crippen LogP contribution is -2.33. The van der Waals surface area contributed by atoms with E-state index in [-0.39, 0.29) is 17.6 Å². The zero-order chi connectivity index (χ0) is 9.84. The predicted molar refractivity (Wildman–Crippen MR) is 52.4 cm³/mol. The SMILES string of the molecule is CC(C)C(=O)[C@@H](O)C1CCCCC1. The molecule has 0 saturated heterocycles. The van der Waals surface area contributed by atoms with E-state index in [2.05, 4.69) is 0 Å². The van der Waals surface area contributed by atoms with Gasteiger partial charge in [0.05, 0.1) is 0 Å². The molecule has 0 bridgehead atoms. The van der Waals surface area contributed by atoms with E-state index >= 15 is 0 Å². The highest BCUT2D eigenvalue weighted by Crippen LogP contribution is 2.27. The van der Waals surface area contributed by atoms with E-state index in [4.69, 9.17) is 0 Å². The maximum absolute atomic E-state index is 11.5. The molecule has 0 aromatic carbocycles. The molecular formula is C11H20O2. The number of rotatable bonds is 3. The van der Waals surface area contributed by atoms with Gasteiger partial charge in [-0.05, 0) is 18.8 Å². The number of aliphatic hydroxyl groups excluding tert-OH is 1. The Kier molecular flexibility index (Phi) is 3.91. The molecule has 0 aliphatic heterocycles. The molecule has 0 unspecified atom stereocenters. The van der Waals surface area contributed by atoms with Gasteiger partial charge in [0.25, 0.3) is 0 Å². The Labute approximate surface area is 80.3 Å². The third kappa shape index (κ3) is 2.80. The lowest BCUT2D eigenvalue weighted by Gasteiger charge is -2.26. The summed E-state index contributed by atoms with van der Waals surface area (Å²) in [6.45, 7) is 3.71. The van der Waals surface area contributed by atoms with Crippen LogP contribution >= 0.6 is 0 Å². The largest absolute Gasteiger partial charge is 0.385 e.